The lowest BCUT2D eigenvalue weighted by atomic mass is 10.1. The van der Waals surface area contributed by atoms with E-state index >= 15 is 0 Å². The first-order valence-corrected chi connectivity index (χ1v) is 9.29. The largest absolute Gasteiger partial charge is 0.352 e. The van der Waals surface area contributed by atoms with Gasteiger partial charge >= 0.3 is 0 Å². The number of nitrogens with zero attached hydrogens (tertiary/aromatic N) is 1. The molecule has 24 heavy (non-hydrogen) atoms. The van der Waals surface area contributed by atoms with Gasteiger partial charge in [0.1, 0.15) is 0 Å². The zero-order valence-corrected chi connectivity index (χ0v) is 14.3. The van der Waals surface area contributed by atoms with E-state index in [9.17, 15) is 13.2 Å². The third kappa shape index (κ3) is 6.10. The summed E-state index contributed by atoms with van der Waals surface area (Å²) in [5.74, 6) is -0.288. The molecule has 1 heterocycles. The number of nitrogens with one attached hydrogen (secondary N) is 2. The molecule has 0 aliphatic heterocycles. The number of sulfonamides is 1. The molecule has 128 valence electrons. The average molecular weight is 347 g/mol. The van der Waals surface area contributed by atoms with Crippen molar-refractivity contribution in [1.82, 2.24) is 15.0 Å². The van der Waals surface area contributed by atoms with Crippen LogP contribution in [0, 0.1) is 6.92 Å². The fraction of sp³-hybridized carbons (Fsp3) is 0.294. The monoisotopic (exact) mass is 347 g/mol. The molecule has 0 fully saturated rings. The van der Waals surface area contributed by atoms with Gasteiger partial charge in [0.2, 0.25) is 15.9 Å². The Balaban J connectivity index is 1.74. The molecule has 2 aromatic rings. The number of aromatic nitrogens is 1. The van der Waals surface area contributed by atoms with E-state index in [0.717, 1.165) is 16.7 Å². The molecule has 1 aromatic carbocycles. The van der Waals surface area contributed by atoms with Crippen LogP contribution in [-0.4, -0.2) is 25.9 Å². The number of carbonyl (C=O) groups excluding carboxylic acids is 1. The minimum Gasteiger partial charge on any atom is -0.352 e. The van der Waals surface area contributed by atoms with Crippen LogP contribution in [-0.2, 0) is 27.1 Å². The van der Waals surface area contributed by atoms with Gasteiger partial charge < -0.3 is 5.32 Å². The van der Waals surface area contributed by atoms with E-state index in [0.29, 0.717) is 6.54 Å². The van der Waals surface area contributed by atoms with Crippen molar-refractivity contribution >= 4 is 15.9 Å². The molecule has 0 bridgehead atoms. The van der Waals surface area contributed by atoms with Crippen LogP contribution < -0.4 is 10.0 Å². The molecule has 1 aromatic heterocycles. The van der Waals surface area contributed by atoms with Gasteiger partial charge in [-0.15, -0.1) is 0 Å². The Bertz CT molecular complexity index is 777. The van der Waals surface area contributed by atoms with Crippen molar-refractivity contribution < 1.29 is 13.2 Å². The second-order valence-electron chi connectivity index (χ2n) is 5.46. The average Bonchev–Trinajstić information content (AvgIpc) is 2.56. The Labute approximate surface area is 142 Å². The lowest BCUT2D eigenvalue weighted by molar-refractivity contribution is -0.121. The molecule has 2 rings (SSSR count). The maximum absolute atomic E-state index is 12.1. The Morgan fingerprint density at radius 3 is 2.54 bits per heavy atom. The minimum absolute atomic E-state index is 0.0798. The van der Waals surface area contributed by atoms with Gasteiger partial charge in [-0.2, -0.15) is 0 Å². The van der Waals surface area contributed by atoms with Crippen molar-refractivity contribution in [2.75, 3.05) is 6.54 Å². The first-order chi connectivity index (χ1) is 11.5. The van der Waals surface area contributed by atoms with E-state index in [1.54, 1.807) is 18.5 Å². The molecular formula is C17H21N3O3S. The van der Waals surface area contributed by atoms with Gasteiger partial charge in [0, 0.05) is 31.9 Å². The molecule has 0 saturated carbocycles. The number of pyridine rings is 1. The number of aryl methyl sites for hydroxylation is 1. The molecule has 0 aliphatic rings. The highest BCUT2D eigenvalue weighted by Crippen LogP contribution is 2.10. The van der Waals surface area contributed by atoms with E-state index < -0.39 is 10.0 Å². The molecule has 0 aliphatic carbocycles. The lowest BCUT2D eigenvalue weighted by Crippen LogP contribution is -2.31. The van der Waals surface area contributed by atoms with Crippen molar-refractivity contribution in [3.05, 3.63) is 65.5 Å². The van der Waals surface area contributed by atoms with Gasteiger partial charge in [-0.25, -0.2) is 13.1 Å². The van der Waals surface area contributed by atoms with E-state index in [1.165, 1.54) is 0 Å². The third-order valence-electron chi connectivity index (χ3n) is 3.52. The van der Waals surface area contributed by atoms with E-state index in [2.05, 4.69) is 15.0 Å². The number of amides is 1. The van der Waals surface area contributed by atoms with Gasteiger partial charge in [-0.3, -0.25) is 9.78 Å². The highest BCUT2D eigenvalue weighted by molar-refractivity contribution is 7.88. The van der Waals surface area contributed by atoms with Crippen molar-refractivity contribution in [1.29, 1.82) is 0 Å². The Morgan fingerprint density at radius 2 is 1.83 bits per heavy atom. The van der Waals surface area contributed by atoms with Crippen molar-refractivity contribution in [3.63, 3.8) is 0 Å². The Kier molecular flexibility index (Phi) is 6.45. The lowest BCUT2D eigenvalue weighted by Gasteiger charge is -2.09. The Hall–Kier alpha value is -2.25. The summed E-state index contributed by atoms with van der Waals surface area (Å²) in [6.45, 7) is 2.35. The SMILES string of the molecule is Cc1ccccc1CS(=O)(=O)NCCC(=O)NCc1ccncc1. The van der Waals surface area contributed by atoms with Gasteiger partial charge in [-0.05, 0) is 35.7 Å². The van der Waals surface area contributed by atoms with Crippen LogP contribution in [0.2, 0.25) is 0 Å². The standard InChI is InChI=1S/C17H21N3O3S/c1-14-4-2-3-5-16(14)13-24(22,23)20-11-8-17(21)19-12-15-6-9-18-10-7-15/h2-7,9-10,20H,8,11-13H2,1H3,(H,19,21). The molecule has 0 spiro atoms. The van der Waals surface area contributed by atoms with Crippen molar-refractivity contribution in [2.45, 2.75) is 25.6 Å². The molecule has 7 heteroatoms. The number of benzene rings is 1. The van der Waals surface area contributed by atoms with Gasteiger partial charge in [0.05, 0.1) is 5.75 Å². The van der Waals surface area contributed by atoms with Crippen molar-refractivity contribution in [2.24, 2.45) is 0 Å². The van der Waals surface area contributed by atoms with Gasteiger partial charge in [0.25, 0.3) is 0 Å². The number of rotatable bonds is 8. The molecule has 0 unspecified atom stereocenters. The fourth-order valence-corrected chi connectivity index (χ4v) is 3.39. The molecule has 0 saturated heterocycles. The zero-order chi connectivity index (χ0) is 17.4. The summed E-state index contributed by atoms with van der Waals surface area (Å²) in [5, 5.41) is 2.74. The van der Waals surface area contributed by atoms with Crippen LogP contribution in [0.3, 0.4) is 0 Å². The first-order valence-electron chi connectivity index (χ1n) is 7.64. The summed E-state index contributed by atoms with van der Waals surface area (Å²) >= 11 is 0. The Morgan fingerprint density at radius 1 is 1.12 bits per heavy atom. The molecule has 1 amide bonds. The maximum atomic E-state index is 12.1. The van der Waals surface area contributed by atoms with E-state index in [-0.39, 0.29) is 24.6 Å². The van der Waals surface area contributed by atoms with Crippen LogP contribution in [0.15, 0.2) is 48.8 Å². The predicted octanol–water partition coefficient (Wildman–Crippen LogP) is 1.52. The topological polar surface area (TPSA) is 88.2 Å². The summed E-state index contributed by atoms with van der Waals surface area (Å²) in [6.07, 6.45) is 3.40. The van der Waals surface area contributed by atoms with E-state index in [1.807, 2.05) is 37.3 Å². The second kappa shape index (κ2) is 8.56. The van der Waals surface area contributed by atoms with Crippen LogP contribution in [0.5, 0.6) is 0 Å². The smallest absolute Gasteiger partial charge is 0.221 e. The van der Waals surface area contributed by atoms with Gasteiger partial charge in [-0.1, -0.05) is 24.3 Å². The quantitative estimate of drug-likeness (QED) is 0.758. The normalized spacial score (nSPS) is 11.2. The molecule has 6 nitrogen and oxygen atoms in total. The number of carbonyl (C=O) groups is 1. The third-order valence-corrected chi connectivity index (χ3v) is 4.85. The maximum Gasteiger partial charge on any atom is 0.221 e. The second-order valence-corrected chi connectivity index (χ2v) is 7.27. The van der Waals surface area contributed by atoms with Gasteiger partial charge in [0.15, 0.2) is 0 Å². The van der Waals surface area contributed by atoms with Crippen LogP contribution in [0.1, 0.15) is 23.1 Å². The zero-order valence-electron chi connectivity index (χ0n) is 13.5. The number of hydrogen-bond donors (Lipinski definition) is 2. The van der Waals surface area contributed by atoms with E-state index in [4.69, 9.17) is 0 Å². The first kappa shape index (κ1) is 18.1. The fourth-order valence-electron chi connectivity index (χ4n) is 2.14. The van der Waals surface area contributed by atoms with Crippen molar-refractivity contribution in [3.8, 4) is 0 Å². The van der Waals surface area contributed by atoms with Crippen LogP contribution >= 0.6 is 0 Å². The summed E-state index contributed by atoms with van der Waals surface area (Å²) in [6, 6.07) is 11.0. The highest BCUT2D eigenvalue weighted by atomic mass is 32.2. The summed E-state index contributed by atoms with van der Waals surface area (Å²) < 4.78 is 26.6. The molecule has 0 atom stereocenters. The minimum atomic E-state index is -3.46. The molecular weight excluding hydrogens is 326 g/mol. The van der Waals surface area contributed by atoms with Crippen LogP contribution in [0.25, 0.3) is 0 Å². The summed E-state index contributed by atoms with van der Waals surface area (Å²) in [4.78, 5) is 15.7. The number of hydrogen-bond acceptors (Lipinski definition) is 4. The highest BCUT2D eigenvalue weighted by Gasteiger charge is 2.13. The van der Waals surface area contributed by atoms with Crippen LogP contribution in [0.4, 0.5) is 0 Å². The summed E-state index contributed by atoms with van der Waals surface area (Å²) in [7, 11) is -3.46. The predicted molar refractivity (Wildman–Crippen MR) is 92.5 cm³/mol. The molecule has 0 radical (unpaired) electrons. The molecule has 2 N–H and O–H groups in total. The summed E-state index contributed by atoms with van der Waals surface area (Å²) in [5.41, 5.74) is 2.63.